The Balaban J connectivity index is 2.05. The molecule has 3 rings (SSSR count). The smallest absolute Gasteiger partial charge is 0.0677 e. The summed E-state index contributed by atoms with van der Waals surface area (Å²) in [4.78, 5) is 0. The van der Waals surface area contributed by atoms with Crippen molar-refractivity contribution in [1.82, 2.24) is 0 Å². The number of rotatable bonds is 3. The fraction of sp³-hybridized carbons (Fsp3) is 0.600. The summed E-state index contributed by atoms with van der Waals surface area (Å²) in [5.41, 5.74) is 8.59. The van der Waals surface area contributed by atoms with Crippen LogP contribution in [0.1, 0.15) is 36.8 Å². The first-order chi connectivity index (χ1) is 8.28. The Morgan fingerprint density at radius 2 is 2.12 bits per heavy atom. The van der Waals surface area contributed by atoms with E-state index in [-0.39, 0.29) is 11.5 Å². The topological polar surface area (TPSA) is 46.2 Å². The summed E-state index contributed by atoms with van der Waals surface area (Å²) in [6.07, 6.45) is 5.43. The molecule has 92 valence electrons. The van der Waals surface area contributed by atoms with Crippen LogP contribution >= 0.6 is 0 Å². The maximum atomic E-state index is 10.6. The molecule has 1 fully saturated rings. The molecule has 0 radical (unpaired) electrons. The lowest BCUT2D eigenvalue weighted by molar-refractivity contribution is 0.0535. The van der Waals surface area contributed by atoms with Crippen LogP contribution in [0.4, 0.5) is 0 Å². The van der Waals surface area contributed by atoms with Crippen molar-refractivity contribution in [3.05, 3.63) is 35.4 Å². The van der Waals surface area contributed by atoms with E-state index in [0.29, 0.717) is 12.5 Å². The summed E-state index contributed by atoms with van der Waals surface area (Å²) in [6.45, 7) is 0.571. The van der Waals surface area contributed by atoms with Crippen LogP contribution in [0.3, 0.4) is 0 Å². The van der Waals surface area contributed by atoms with Gasteiger partial charge in [0.05, 0.1) is 6.10 Å². The van der Waals surface area contributed by atoms with Gasteiger partial charge in [-0.3, -0.25) is 0 Å². The lowest BCUT2D eigenvalue weighted by Crippen LogP contribution is -2.49. The predicted molar refractivity (Wildman–Crippen MR) is 68.8 cm³/mol. The average Bonchev–Trinajstić information content (AvgIpc) is 3.21. The Morgan fingerprint density at radius 3 is 2.82 bits per heavy atom. The summed E-state index contributed by atoms with van der Waals surface area (Å²) < 4.78 is 0. The second-order valence-corrected chi connectivity index (χ2v) is 5.65. The van der Waals surface area contributed by atoms with Gasteiger partial charge >= 0.3 is 0 Å². The van der Waals surface area contributed by atoms with Crippen molar-refractivity contribution in [1.29, 1.82) is 0 Å². The highest BCUT2D eigenvalue weighted by molar-refractivity contribution is 5.39. The number of hydrogen-bond donors (Lipinski definition) is 2. The van der Waals surface area contributed by atoms with Crippen LogP contribution in [0.25, 0.3) is 0 Å². The Kier molecular flexibility index (Phi) is 2.72. The van der Waals surface area contributed by atoms with E-state index in [1.54, 1.807) is 0 Å². The minimum atomic E-state index is -0.242. The zero-order chi connectivity index (χ0) is 11.9. The van der Waals surface area contributed by atoms with Crippen molar-refractivity contribution in [3.63, 3.8) is 0 Å². The first-order valence-corrected chi connectivity index (χ1v) is 6.74. The van der Waals surface area contributed by atoms with Gasteiger partial charge in [0.1, 0.15) is 0 Å². The van der Waals surface area contributed by atoms with Gasteiger partial charge in [-0.2, -0.15) is 0 Å². The van der Waals surface area contributed by atoms with Crippen molar-refractivity contribution in [3.8, 4) is 0 Å². The van der Waals surface area contributed by atoms with Gasteiger partial charge in [0.2, 0.25) is 0 Å². The van der Waals surface area contributed by atoms with Gasteiger partial charge in [-0.25, -0.2) is 0 Å². The molecule has 2 atom stereocenters. The average molecular weight is 231 g/mol. The first kappa shape index (κ1) is 11.2. The summed E-state index contributed by atoms with van der Waals surface area (Å²) in [5.74, 6) is 0.490. The van der Waals surface area contributed by atoms with Crippen LogP contribution in [0.2, 0.25) is 0 Å². The van der Waals surface area contributed by atoms with Crippen molar-refractivity contribution in [2.24, 2.45) is 11.7 Å². The van der Waals surface area contributed by atoms with E-state index in [4.69, 9.17) is 5.73 Å². The van der Waals surface area contributed by atoms with Crippen LogP contribution in [0.15, 0.2) is 24.3 Å². The highest BCUT2D eigenvalue weighted by atomic mass is 16.3. The maximum Gasteiger partial charge on any atom is 0.0677 e. The SMILES string of the molecule is NCC1(C(O)C2CC2)CCCc2ccccc21. The summed E-state index contributed by atoms with van der Waals surface area (Å²) in [6, 6.07) is 8.54. The van der Waals surface area contributed by atoms with Gasteiger partial charge in [0.15, 0.2) is 0 Å². The van der Waals surface area contributed by atoms with E-state index in [1.807, 2.05) is 0 Å². The molecule has 0 heterocycles. The minimum Gasteiger partial charge on any atom is -0.392 e. The van der Waals surface area contributed by atoms with Crippen LogP contribution in [-0.2, 0) is 11.8 Å². The Labute approximate surface area is 103 Å². The normalized spacial score (nSPS) is 29.8. The molecule has 2 aliphatic carbocycles. The molecule has 1 aromatic rings. The molecule has 0 aliphatic heterocycles. The van der Waals surface area contributed by atoms with Gasteiger partial charge in [-0.1, -0.05) is 24.3 Å². The van der Waals surface area contributed by atoms with Gasteiger partial charge < -0.3 is 10.8 Å². The quantitative estimate of drug-likeness (QED) is 0.835. The van der Waals surface area contributed by atoms with Crippen molar-refractivity contribution >= 4 is 0 Å². The third-order valence-corrected chi connectivity index (χ3v) is 4.62. The van der Waals surface area contributed by atoms with Crippen LogP contribution in [0.5, 0.6) is 0 Å². The standard InChI is InChI=1S/C15H21NO/c16-10-15(14(17)12-7-8-12)9-3-5-11-4-1-2-6-13(11)15/h1-2,4,6,12,14,17H,3,5,7-10,16H2. The van der Waals surface area contributed by atoms with E-state index in [9.17, 15) is 5.11 Å². The second-order valence-electron chi connectivity index (χ2n) is 5.65. The minimum absolute atomic E-state index is 0.171. The van der Waals surface area contributed by atoms with Gasteiger partial charge in [0, 0.05) is 12.0 Å². The lowest BCUT2D eigenvalue weighted by Gasteiger charge is -2.42. The number of hydrogen-bond acceptors (Lipinski definition) is 2. The van der Waals surface area contributed by atoms with Crippen molar-refractivity contribution in [2.45, 2.75) is 43.6 Å². The number of aliphatic hydroxyl groups excluding tert-OH is 1. The Bertz CT molecular complexity index is 413. The monoisotopic (exact) mass is 231 g/mol. The zero-order valence-corrected chi connectivity index (χ0v) is 10.2. The first-order valence-electron chi connectivity index (χ1n) is 6.74. The number of aryl methyl sites for hydroxylation is 1. The summed E-state index contributed by atoms with van der Waals surface area (Å²) in [5, 5.41) is 10.6. The number of aliphatic hydroxyl groups is 1. The van der Waals surface area contributed by atoms with Gasteiger partial charge in [-0.15, -0.1) is 0 Å². The Morgan fingerprint density at radius 1 is 1.35 bits per heavy atom. The molecular weight excluding hydrogens is 210 g/mol. The van der Waals surface area contributed by atoms with Crippen LogP contribution < -0.4 is 5.73 Å². The molecule has 1 aromatic carbocycles. The summed E-state index contributed by atoms with van der Waals surface area (Å²) in [7, 11) is 0. The maximum absolute atomic E-state index is 10.6. The molecule has 0 bridgehead atoms. The molecule has 0 spiro atoms. The molecular formula is C15H21NO. The molecule has 0 aromatic heterocycles. The van der Waals surface area contributed by atoms with E-state index in [0.717, 1.165) is 19.3 Å². The Hall–Kier alpha value is -0.860. The number of benzene rings is 1. The van der Waals surface area contributed by atoms with Crippen molar-refractivity contribution < 1.29 is 5.11 Å². The molecule has 2 unspecified atom stereocenters. The third kappa shape index (κ3) is 1.71. The fourth-order valence-electron chi connectivity index (χ4n) is 3.46. The zero-order valence-electron chi connectivity index (χ0n) is 10.2. The highest BCUT2D eigenvalue weighted by Gasteiger charge is 2.47. The van der Waals surface area contributed by atoms with E-state index < -0.39 is 0 Å². The number of nitrogens with two attached hydrogens (primary N) is 1. The van der Waals surface area contributed by atoms with Gasteiger partial charge in [0.25, 0.3) is 0 Å². The van der Waals surface area contributed by atoms with E-state index >= 15 is 0 Å². The van der Waals surface area contributed by atoms with Gasteiger partial charge in [-0.05, 0) is 49.1 Å². The van der Waals surface area contributed by atoms with Crippen LogP contribution in [-0.4, -0.2) is 17.8 Å². The predicted octanol–water partition coefficient (Wildman–Crippen LogP) is 1.99. The lowest BCUT2D eigenvalue weighted by atomic mass is 9.65. The van der Waals surface area contributed by atoms with Crippen molar-refractivity contribution in [2.75, 3.05) is 6.54 Å². The van der Waals surface area contributed by atoms with E-state index in [2.05, 4.69) is 24.3 Å². The fourth-order valence-corrected chi connectivity index (χ4v) is 3.46. The molecule has 1 saturated carbocycles. The van der Waals surface area contributed by atoms with Crippen LogP contribution in [0, 0.1) is 5.92 Å². The molecule has 2 heteroatoms. The molecule has 17 heavy (non-hydrogen) atoms. The van der Waals surface area contributed by atoms with E-state index in [1.165, 1.54) is 24.0 Å². The summed E-state index contributed by atoms with van der Waals surface area (Å²) >= 11 is 0. The third-order valence-electron chi connectivity index (χ3n) is 4.62. The molecule has 3 N–H and O–H groups in total. The highest BCUT2D eigenvalue weighted by Crippen LogP contribution is 2.47. The molecule has 0 saturated heterocycles. The second kappa shape index (κ2) is 4.11. The number of fused-ring (bicyclic) bond motifs is 1. The molecule has 2 aliphatic rings. The largest absolute Gasteiger partial charge is 0.392 e. The molecule has 0 amide bonds. The molecule has 2 nitrogen and oxygen atoms in total.